The zero-order valence-electron chi connectivity index (χ0n) is 21.7. The van der Waals surface area contributed by atoms with Crippen LogP contribution >= 0.6 is 0 Å². The van der Waals surface area contributed by atoms with Crippen LogP contribution in [0, 0.1) is 11.8 Å². The van der Waals surface area contributed by atoms with Crippen LogP contribution < -0.4 is 51.4 Å². The van der Waals surface area contributed by atoms with E-state index in [0.29, 0.717) is 19.3 Å². The van der Waals surface area contributed by atoms with Crippen LogP contribution in [0.2, 0.25) is 0 Å². The Labute approximate surface area is 263 Å². The molecule has 3 aliphatic heterocycles. The number of ether oxygens (including phenoxy) is 6. The molecule has 11 heteroatoms. The summed E-state index contributed by atoms with van der Waals surface area (Å²) in [5.41, 5.74) is 0. The van der Waals surface area contributed by atoms with Crippen LogP contribution in [0.1, 0.15) is 84.5 Å². The monoisotopic (exact) mass is 556 g/mol. The predicted molar refractivity (Wildman–Crippen MR) is 128 cm³/mol. The van der Waals surface area contributed by atoms with E-state index in [-0.39, 0.29) is 119 Å². The number of carbonyl (C=O) groups excluding carboxylic acids is 2. The normalized spacial score (nSPS) is 36.8. The van der Waals surface area contributed by atoms with Gasteiger partial charge in [-0.3, -0.25) is 9.59 Å². The first kappa shape index (κ1) is 35.4. The molecule has 10 nitrogen and oxygen atoms in total. The average Bonchev–Trinajstić information content (AvgIpc) is 3.17. The van der Waals surface area contributed by atoms with Crippen molar-refractivity contribution in [1.29, 1.82) is 0 Å². The van der Waals surface area contributed by atoms with Crippen molar-refractivity contribution in [2.24, 2.45) is 11.8 Å². The fraction of sp³-hybridized carbons (Fsp3) is 0.923. The van der Waals surface area contributed by atoms with E-state index >= 15 is 0 Å². The van der Waals surface area contributed by atoms with Crippen molar-refractivity contribution in [3.8, 4) is 0 Å². The minimum Gasteiger partial charge on any atom is -0.870 e. The summed E-state index contributed by atoms with van der Waals surface area (Å²) in [7, 11) is 1.38. The van der Waals surface area contributed by atoms with Crippen LogP contribution in [0.15, 0.2) is 0 Å². The molecule has 37 heavy (non-hydrogen) atoms. The molecular weight excluding hydrogens is 511 g/mol. The number of fused-ring (bicyclic) bond motifs is 2. The van der Waals surface area contributed by atoms with Gasteiger partial charge in [0, 0.05) is 19.6 Å². The maximum absolute atomic E-state index is 11.4. The van der Waals surface area contributed by atoms with E-state index in [1.807, 2.05) is 0 Å². The number of methoxy groups -OCH3 is 1. The topological polar surface area (TPSA) is 140 Å². The SMILES string of the molecule is C.COC(=O)[C@H]1CC[C@H](OC2CCCCO2)[C@@H](O)C1.O=C1O[C@H]2C[C@@H]1CC[C@@H]2OC1CCCCO1.[K+].[OH-]. The van der Waals surface area contributed by atoms with Crippen LogP contribution in [0.4, 0.5) is 0 Å². The Kier molecular flexibility index (Phi) is 17.1. The summed E-state index contributed by atoms with van der Waals surface area (Å²) in [5.74, 6) is -0.323. The van der Waals surface area contributed by atoms with Gasteiger partial charge in [-0.15, -0.1) is 0 Å². The zero-order chi connectivity index (χ0) is 23.9. The summed E-state index contributed by atoms with van der Waals surface area (Å²) >= 11 is 0. The van der Waals surface area contributed by atoms with Crippen LogP contribution in [-0.2, 0) is 38.0 Å². The second kappa shape index (κ2) is 17.9. The second-order valence-electron chi connectivity index (χ2n) is 10.0. The Bertz CT molecular complexity index is 668. The minimum atomic E-state index is -0.603. The van der Waals surface area contributed by atoms with Gasteiger partial charge in [0.15, 0.2) is 12.6 Å². The molecular formula is C26H45KO10. The first-order chi connectivity index (χ1) is 16.5. The van der Waals surface area contributed by atoms with E-state index in [2.05, 4.69) is 0 Å². The Morgan fingerprint density at radius 3 is 2.00 bits per heavy atom. The molecule has 0 aromatic rings. The molecule has 8 atom stereocenters. The molecule has 3 saturated heterocycles. The van der Waals surface area contributed by atoms with Gasteiger partial charge in [0.1, 0.15) is 6.10 Å². The Hall–Kier alpha value is 0.336. The van der Waals surface area contributed by atoms with Gasteiger partial charge in [0.2, 0.25) is 0 Å². The molecule has 0 spiro atoms. The van der Waals surface area contributed by atoms with Crippen molar-refractivity contribution >= 4 is 11.9 Å². The van der Waals surface area contributed by atoms with Crippen LogP contribution in [0.5, 0.6) is 0 Å². The number of carbonyl (C=O) groups is 2. The van der Waals surface area contributed by atoms with Crippen molar-refractivity contribution in [2.75, 3.05) is 20.3 Å². The summed E-state index contributed by atoms with van der Waals surface area (Å²) in [6.45, 7) is 1.53. The summed E-state index contributed by atoms with van der Waals surface area (Å²) in [5, 5.41) is 10.0. The molecule has 5 rings (SSSR count). The van der Waals surface area contributed by atoms with E-state index in [0.717, 1.165) is 64.6 Å². The number of hydrogen-bond acceptors (Lipinski definition) is 10. The number of rotatable bonds is 5. The Morgan fingerprint density at radius 2 is 1.46 bits per heavy atom. The van der Waals surface area contributed by atoms with Crippen molar-refractivity contribution in [3.63, 3.8) is 0 Å². The Balaban J connectivity index is 0.000000344. The molecule has 0 aromatic carbocycles. The van der Waals surface area contributed by atoms with Gasteiger partial charge in [-0.25, -0.2) is 0 Å². The third-order valence-electron chi connectivity index (χ3n) is 7.55. The van der Waals surface area contributed by atoms with Crippen LogP contribution in [0.3, 0.4) is 0 Å². The van der Waals surface area contributed by atoms with Crippen molar-refractivity contribution in [2.45, 2.75) is 121 Å². The largest absolute Gasteiger partial charge is 1.00 e. The third kappa shape index (κ3) is 10.3. The summed E-state index contributed by atoms with van der Waals surface area (Å²) in [6.07, 6.45) is 9.82. The van der Waals surface area contributed by atoms with Crippen molar-refractivity contribution in [3.05, 3.63) is 0 Å². The number of hydrogen-bond donors (Lipinski definition) is 1. The summed E-state index contributed by atoms with van der Waals surface area (Å²) in [4.78, 5) is 22.8. The smallest absolute Gasteiger partial charge is 0.870 e. The van der Waals surface area contributed by atoms with Gasteiger partial charge in [-0.2, -0.15) is 0 Å². The summed E-state index contributed by atoms with van der Waals surface area (Å²) < 4.78 is 32.8. The first-order valence-electron chi connectivity index (χ1n) is 13.0. The van der Waals surface area contributed by atoms with E-state index in [1.165, 1.54) is 13.5 Å². The van der Waals surface area contributed by atoms with Gasteiger partial charge < -0.3 is 39.0 Å². The fourth-order valence-electron chi connectivity index (χ4n) is 5.53. The number of aliphatic hydroxyl groups excluding tert-OH is 1. The van der Waals surface area contributed by atoms with Crippen molar-refractivity contribution in [1.82, 2.24) is 0 Å². The van der Waals surface area contributed by atoms with E-state index in [1.54, 1.807) is 0 Å². The molecule has 210 valence electrons. The number of esters is 2. The average molecular weight is 557 g/mol. The first-order valence-corrected chi connectivity index (χ1v) is 13.0. The molecule has 5 aliphatic rings. The maximum Gasteiger partial charge on any atom is 1.00 e. The van der Waals surface area contributed by atoms with Crippen LogP contribution in [-0.4, -0.2) is 79.8 Å². The Morgan fingerprint density at radius 1 is 0.865 bits per heavy atom. The third-order valence-corrected chi connectivity index (χ3v) is 7.55. The zero-order valence-corrected chi connectivity index (χ0v) is 24.8. The molecule has 0 aromatic heterocycles. The van der Waals surface area contributed by atoms with Crippen molar-refractivity contribution < 1.29 is 100.0 Å². The van der Waals surface area contributed by atoms with Gasteiger partial charge in [-0.05, 0) is 70.6 Å². The van der Waals surface area contributed by atoms with Gasteiger partial charge in [0.25, 0.3) is 0 Å². The molecule has 2 unspecified atom stereocenters. The van der Waals surface area contributed by atoms with Gasteiger partial charge in [0.05, 0.1) is 37.3 Å². The van der Waals surface area contributed by atoms with Gasteiger partial charge in [-0.1, -0.05) is 7.43 Å². The molecule has 0 radical (unpaired) electrons. The maximum atomic E-state index is 11.4. The molecule has 2 saturated carbocycles. The van der Waals surface area contributed by atoms with E-state index in [9.17, 15) is 14.7 Å². The molecule has 5 fully saturated rings. The van der Waals surface area contributed by atoms with Gasteiger partial charge >= 0.3 is 63.3 Å². The fourth-order valence-corrected chi connectivity index (χ4v) is 5.53. The molecule has 0 amide bonds. The van der Waals surface area contributed by atoms with E-state index < -0.39 is 6.10 Å². The quantitative estimate of drug-likeness (QED) is 0.372. The summed E-state index contributed by atoms with van der Waals surface area (Å²) in [6, 6.07) is 0. The van der Waals surface area contributed by atoms with E-state index in [4.69, 9.17) is 28.4 Å². The molecule has 2 N–H and O–H groups in total. The molecule has 2 bridgehead atoms. The number of aliphatic hydroxyl groups is 1. The van der Waals surface area contributed by atoms with Crippen LogP contribution in [0.25, 0.3) is 0 Å². The standard InChI is InChI=1S/C13H22O5.C12H18O4.CH4.K.H2O/c1-16-13(15)9-5-6-11(10(14)8-9)18-12-4-2-3-7-17-12;13-12-8-4-5-9(10(7-8)16-12)15-11-3-1-2-6-14-11;;;/h9-12,14H,2-8H2,1H3;8-11H,1-7H2;1H4;;1H2/q;;;+1;/p-1/t9-,10-,11-,12?;8-,9-,10-,11?;;;/m00.../s1. The predicted octanol–water partition coefficient (Wildman–Crippen LogP) is 0.319. The second-order valence-corrected chi connectivity index (χ2v) is 10.0. The minimum absolute atomic E-state index is 0. The molecule has 3 heterocycles. The molecule has 2 aliphatic carbocycles.